The van der Waals surface area contributed by atoms with Crippen molar-refractivity contribution in [3.8, 4) is 0 Å². The first kappa shape index (κ1) is 18.8. The zero-order chi connectivity index (χ0) is 18.8. The average molecular weight is 390 g/mol. The second-order valence-corrected chi connectivity index (χ2v) is 8.43. The van der Waals surface area contributed by atoms with Crippen molar-refractivity contribution >= 4 is 23.4 Å². The van der Waals surface area contributed by atoms with Gasteiger partial charge in [0.1, 0.15) is 0 Å². The summed E-state index contributed by atoms with van der Waals surface area (Å²) in [6, 6.07) is 6.02. The molecule has 0 atom stereocenters. The van der Waals surface area contributed by atoms with Gasteiger partial charge in [0.25, 0.3) is 0 Å². The number of carbonyl (C=O) groups is 2. The van der Waals surface area contributed by atoms with Crippen LogP contribution in [-0.2, 0) is 22.6 Å². The van der Waals surface area contributed by atoms with Gasteiger partial charge in [-0.3, -0.25) is 14.5 Å². The molecule has 3 aliphatic heterocycles. The summed E-state index contributed by atoms with van der Waals surface area (Å²) in [4.78, 5) is 31.5. The maximum absolute atomic E-state index is 12.7. The number of fused-ring (bicyclic) bond motifs is 1. The number of amides is 2. The van der Waals surface area contributed by atoms with Gasteiger partial charge in [-0.05, 0) is 49.3 Å². The number of likely N-dealkylation sites (tertiary alicyclic amines) is 2. The molecular formula is C21H28ClN3O2. The van der Waals surface area contributed by atoms with E-state index in [2.05, 4.69) is 11.0 Å². The lowest BCUT2D eigenvalue weighted by atomic mass is 9.95. The van der Waals surface area contributed by atoms with E-state index < -0.39 is 0 Å². The Morgan fingerprint density at radius 2 is 1.74 bits per heavy atom. The molecule has 0 spiro atoms. The number of piperidine rings is 1. The van der Waals surface area contributed by atoms with Gasteiger partial charge in [0.05, 0.1) is 6.54 Å². The van der Waals surface area contributed by atoms with Crippen molar-refractivity contribution in [1.82, 2.24) is 14.7 Å². The molecule has 0 saturated carbocycles. The zero-order valence-corrected chi connectivity index (χ0v) is 16.6. The molecule has 146 valence electrons. The van der Waals surface area contributed by atoms with Crippen LogP contribution in [-0.4, -0.2) is 65.8 Å². The second kappa shape index (κ2) is 8.19. The molecule has 27 heavy (non-hydrogen) atoms. The van der Waals surface area contributed by atoms with Crippen molar-refractivity contribution < 1.29 is 9.59 Å². The molecule has 0 aliphatic carbocycles. The van der Waals surface area contributed by atoms with Gasteiger partial charge >= 0.3 is 0 Å². The van der Waals surface area contributed by atoms with Crippen molar-refractivity contribution in [3.05, 3.63) is 34.3 Å². The van der Waals surface area contributed by atoms with Gasteiger partial charge in [0.2, 0.25) is 11.8 Å². The molecule has 0 radical (unpaired) electrons. The van der Waals surface area contributed by atoms with Gasteiger partial charge in [0, 0.05) is 50.2 Å². The number of carbonyl (C=O) groups excluding carboxylic acids is 2. The highest BCUT2D eigenvalue weighted by Crippen LogP contribution is 2.26. The van der Waals surface area contributed by atoms with E-state index in [1.165, 1.54) is 11.1 Å². The lowest BCUT2D eigenvalue weighted by Crippen LogP contribution is -2.47. The van der Waals surface area contributed by atoms with Gasteiger partial charge < -0.3 is 9.80 Å². The minimum atomic E-state index is 0.108. The minimum absolute atomic E-state index is 0.108. The number of hydrogen-bond acceptors (Lipinski definition) is 3. The summed E-state index contributed by atoms with van der Waals surface area (Å²) in [6.45, 7) is 5.35. The highest BCUT2D eigenvalue weighted by Gasteiger charge is 2.31. The third-order valence-corrected chi connectivity index (χ3v) is 6.62. The van der Waals surface area contributed by atoms with Crippen molar-refractivity contribution in [1.29, 1.82) is 0 Å². The molecule has 0 bridgehead atoms. The summed E-state index contributed by atoms with van der Waals surface area (Å²) in [7, 11) is 0. The molecule has 1 aromatic rings. The largest absolute Gasteiger partial charge is 0.342 e. The summed E-state index contributed by atoms with van der Waals surface area (Å²) in [5.74, 6) is 0.604. The van der Waals surface area contributed by atoms with E-state index in [-0.39, 0.29) is 11.8 Å². The summed E-state index contributed by atoms with van der Waals surface area (Å²) in [6.07, 6.45) is 4.77. The molecule has 0 unspecified atom stereocenters. The second-order valence-electron chi connectivity index (χ2n) is 8.03. The third kappa shape index (κ3) is 4.14. The molecule has 0 aromatic heterocycles. The van der Waals surface area contributed by atoms with E-state index in [4.69, 9.17) is 11.6 Å². The van der Waals surface area contributed by atoms with Crippen molar-refractivity contribution in [2.75, 3.05) is 39.3 Å². The maximum atomic E-state index is 12.7. The van der Waals surface area contributed by atoms with E-state index in [0.717, 1.165) is 63.3 Å². The molecule has 3 aliphatic rings. The Hall–Kier alpha value is -1.59. The van der Waals surface area contributed by atoms with Crippen LogP contribution in [0.25, 0.3) is 0 Å². The Bertz CT molecular complexity index is 709. The van der Waals surface area contributed by atoms with Crippen LogP contribution in [0.3, 0.4) is 0 Å². The molecule has 2 amide bonds. The molecule has 4 rings (SSSR count). The van der Waals surface area contributed by atoms with Crippen LogP contribution in [0.4, 0.5) is 0 Å². The molecule has 5 nitrogen and oxygen atoms in total. The average Bonchev–Trinajstić information content (AvgIpc) is 3.22. The van der Waals surface area contributed by atoms with Crippen LogP contribution in [0.2, 0.25) is 5.02 Å². The van der Waals surface area contributed by atoms with Crippen molar-refractivity contribution in [3.63, 3.8) is 0 Å². The first-order valence-electron chi connectivity index (χ1n) is 10.2. The topological polar surface area (TPSA) is 43.9 Å². The Morgan fingerprint density at radius 3 is 2.48 bits per heavy atom. The first-order chi connectivity index (χ1) is 13.1. The Kier molecular flexibility index (Phi) is 5.69. The lowest BCUT2D eigenvalue weighted by Gasteiger charge is -2.35. The molecule has 2 fully saturated rings. The Balaban J connectivity index is 1.27. The van der Waals surface area contributed by atoms with E-state index >= 15 is 0 Å². The van der Waals surface area contributed by atoms with Gasteiger partial charge in [0.15, 0.2) is 0 Å². The fourth-order valence-electron chi connectivity index (χ4n) is 4.62. The van der Waals surface area contributed by atoms with E-state index in [9.17, 15) is 9.59 Å². The van der Waals surface area contributed by atoms with Gasteiger partial charge in [-0.25, -0.2) is 0 Å². The highest BCUT2D eigenvalue weighted by atomic mass is 35.5. The molecule has 2 saturated heterocycles. The van der Waals surface area contributed by atoms with Crippen LogP contribution in [0.1, 0.15) is 36.8 Å². The molecular weight excluding hydrogens is 362 g/mol. The Morgan fingerprint density at radius 1 is 1.00 bits per heavy atom. The predicted molar refractivity (Wildman–Crippen MR) is 106 cm³/mol. The fraction of sp³-hybridized carbons (Fsp3) is 0.619. The normalized spacial score (nSPS) is 21.4. The predicted octanol–water partition coefficient (Wildman–Crippen LogP) is 2.56. The zero-order valence-electron chi connectivity index (χ0n) is 15.8. The fourth-order valence-corrected chi connectivity index (χ4v) is 4.91. The maximum Gasteiger partial charge on any atom is 0.236 e. The van der Waals surface area contributed by atoms with E-state index in [1.54, 1.807) is 0 Å². The summed E-state index contributed by atoms with van der Waals surface area (Å²) in [5.41, 5.74) is 2.46. The van der Waals surface area contributed by atoms with Crippen LogP contribution in [0.15, 0.2) is 18.2 Å². The van der Waals surface area contributed by atoms with Crippen LogP contribution < -0.4 is 0 Å². The highest BCUT2D eigenvalue weighted by molar-refractivity contribution is 6.31. The third-order valence-electron chi connectivity index (χ3n) is 6.26. The first-order valence-corrected chi connectivity index (χ1v) is 10.5. The van der Waals surface area contributed by atoms with Crippen LogP contribution in [0.5, 0.6) is 0 Å². The summed E-state index contributed by atoms with van der Waals surface area (Å²) < 4.78 is 0. The van der Waals surface area contributed by atoms with Gasteiger partial charge in [-0.2, -0.15) is 0 Å². The number of nitrogens with zero attached hydrogens (tertiary/aromatic N) is 3. The molecule has 0 N–H and O–H groups in total. The van der Waals surface area contributed by atoms with Crippen LogP contribution >= 0.6 is 11.6 Å². The molecule has 3 heterocycles. The standard InChI is InChI=1S/C21H28ClN3O2/c22-19-5-3-4-17-14-23(11-8-18(17)19)15-20(26)24-12-6-16(7-13-24)21(27)25-9-1-2-10-25/h3-5,16H,1-2,6-15H2. The van der Waals surface area contributed by atoms with Gasteiger partial charge in [-0.1, -0.05) is 23.7 Å². The molecule has 1 aromatic carbocycles. The van der Waals surface area contributed by atoms with Crippen molar-refractivity contribution in [2.45, 2.75) is 38.6 Å². The van der Waals surface area contributed by atoms with E-state index in [1.807, 2.05) is 21.9 Å². The van der Waals surface area contributed by atoms with Crippen LogP contribution in [0, 0.1) is 5.92 Å². The monoisotopic (exact) mass is 389 g/mol. The van der Waals surface area contributed by atoms with E-state index in [0.29, 0.717) is 25.5 Å². The number of benzene rings is 1. The molecule has 6 heteroatoms. The smallest absolute Gasteiger partial charge is 0.236 e. The number of hydrogen-bond donors (Lipinski definition) is 0. The van der Waals surface area contributed by atoms with Gasteiger partial charge in [-0.15, -0.1) is 0 Å². The van der Waals surface area contributed by atoms with Crippen molar-refractivity contribution in [2.24, 2.45) is 5.92 Å². The summed E-state index contributed by atoms with van der Waals surface area (Å²) in [5, 5.41) is 0.836. The summed E-state index contributed by atoms with van der Waals surface area (Å²) >= 11 is 6.28. The SMILES string of the molecule is O=C(CN1CCc2c(Cl)cccc2C1)N1CCC(C(=O)N2CCCC2)CC1. The Labute approximate surface area is 166 Å². The quantitative estimate of drug-likeness (QED) is 0.798. The number of rotatable bonds is 3. The number of halogens is 1. The minimum Gasteiger partial charge on any atom is -0.342 e. The lowest BCUT2D eigenvalue weighted by molar-refractivity contribution is -0.140.